The van der Waals surface area contributed by atoms with Gasteiger partial charge in [-0.15, -0.1) is 0 Å². The summed E-state index contributed by atoms with van der Waals surface area (Å²) in [5, 5.41) is 9.91. The first kappa shape index (κ1) is 23.5. The van der Waals surface area contributed by atoms with E-state index in [4.69, 9.17) is 4.74 Å². The lowest BCUT2D eigenvalue weighted by atomic mass is 9.85. The highest BCUT2D eigenvalue weighted by Crippen LogP contribution is 2.39. The van der Waals surface area contributed by atoms with Gasteiger partial charge >= 0.3 is 5.97 Å². The second-order valence-electron chi connectivity index (χ2n) is 9.62. The number of carbonyl (C=O) groups excluding carboxylic acids is 1. The van der Waals surface area contributed by atoms with E-state index in [0.717, 1.165) is 46.2 Å². The van der Waals surface area contributed by atoms with Crippen molar-refractivity contribution in [2.75, 3.05) is 20.1 Å². The van der Waals surface area contributed by atoms with Gasteiger partial charge in [-0.2, -0.15) is 0 Å². The summed E-state index contributed by atoms with van der Waals surface area (Å²) in [6.45, 7) is 12.2. The number of aliphatic carboxylic acids is 1. The van der Waals surface area contributed by atoms with E-state index in [2.05, 4.69) is 39.4 Å². The van der Waals surface area contributed by atoms with Gasteiger partial charge in [-0.05, 0) is 112 Å². The fraction of sp³-hybridized carbons (Fsp3) is 0.652. The highest BCUT2D eigenvalue weighted by atomic mass is 127. The quantitative estimate of drug-likeness (QED) is 0.602. The summed E-state index contributed by atoms with van der Waals surface area (Å²) in [6, 6.07) is 0.287. The number of hydrogen-bond acceptors (Lipinski definition) is 4. The van der Waals surface area contributed by atoms with Crippen molar-refractivity contribution in [2.24, 2.45) is 0 Å². The van der Waals surface area contributed by atoms with E-state index in [0.29, 0.717) is 18.5 Å². The molecule has 0 radical (unpaired) electrons. The fourth-order valence-electron chi connectivity index (χ4n) is 4.62. The Hall–Kier alpha value is -1.19. The van der Waals surface area contributed by atoms with Gasteiger partial charge in [0.25, 0.3) is 0 Å². The Labute approximate surface area is 193 Å². The summed E-state index contributed by atoms with van der Waals surface area (Å²) in [6.07, 6.45) is 1.29. The summed E-state index contributed by atoms with van der Waals surface area (Å²) in [4.78, 5) is 29.6. The van der Waals surface area contributed by atoms with Crippen LogP contribution in [-0.4, -0.2) is 58.6 Å². The number of nitrogens with zero attached hydrogens (tertiary/aromatic N) is 2. The van der Waals surface area contributed by atoms with E-state index >= 15 is 0 Å². The van der Waals surface area contributed by atoms with Crippen LogP contribution in [0.25, 0.3) is 0 Å². The number of carboxylic acids is 1. The Kier molecular flexibility index (Phi) is 6.84. The maximum absolute atomic E-state index is 13.1. The van der Waals surface area contributed by atoms with E-state index < -0.39 is 17.7 Å². The minimum atomic E-state index is -1.05. The third-order valence-electron chi connectivity index (χ3n) is 6.30. The summed E-state index contributed by atoms with van der Waals surface area (Å²) in [5.41, 5.74) is 4.21. The number of fused-ring (bicyclic) bond motifs is 1. The molecule has 2 aliphatic rings. The minimum Gasteiger partial charge on any atom is -0.479 e. The Bertz CT molecular complexity index is 854. The summed E-state index contributed by atoms with van der Waals surface area (Å²) < 4.78 is 6.87. The van der Waals surface area contributed by atoms with Gasteiger partial charge in [-0.1, -0.05) is 0 Å². The van der Waals surface area contributed by atoms with E-state index in [1.54, 1.807) is 0 Å². The second-order valence-corrected chi connectivity index (χ2v) is 10.7. The molecule has 0 saturated carbocycles. The molecule has 1 aromatic rings. The number of ether oxygens (including phenoxy) is 1. The normalized spacial score (nSPS) is 19.7. The molecule has 0 bridgehead atoms. The predicted molar refractivity (Wildman–Crippen MR) is 125 cm³/mol. The van der Waals surface area contributed by atoms with Crippen molar-refractivity contribution in [1.82, 2.24) is 9.80 Å². The van der Waals surface area contributed by atoms with Gasteiger partial charge in [0.05, 0.1) is 12.0 Å². The molecule has 6 nitrogen and oxygen atoms in total. The van der Waals surface area contributed by atoms with Gasteiger partial charge in [0.1, 0.15) is 0 Å². The number of rotatable bonds is 4. The topological polar surface area (TPSA) is 70.1 Å². The molecule has 2 heterocycles. The van der Waals surface area contributed by atoms with Crippen LogP contribution in [0.5, 0.6) is 0 Å². The van der Waals surface area contributed by atoms with Crippen molar-refractivity contribution in [3.05, 3.63) is 31.4 Å². The van der Waals surface area contributed by atoms with Crippen LogP contribution in [0.1, 0.15) is 67.5 Å². The van der Waals surface area contributed by atoms with Crippen molar-refractivity contribution in [1.29, 1.82) is 0 Å². The van der Waals surface area contributed by atoms with Crippen LogP contribution in [0.4, 0.5) is 0 Å². The van der Waals surface area contributed by atoms with Gasteiger partial charge in [0.15, 0.2) is 6.10 Å². The first-order chi connectivity index (χ1) is 13.9. The predicted octanol–water partition coefficient (Wildman–Crippen LogP) is 3.83. The van der Waals surface area contributed by atoms with Gasteiger partial charge in [-0.3, -0.25) is 4.79 Å². The van der Waals surface area contributed by atoms with Gasteiger partial charge in [-0.25, -0.2) is 4.79 Å². The van der Waals surface area contributed by atoms with E-state index in [9.17, 15) is 14.7 Å². The van der Waals surface area contributed by atoms with Gasteiger partial charge in [0, 0.05) is 21.7 Å². The molecule has 0 spiro atoms. The van der Waals surface area contributed by atoms with Crippen LogP contribution in [0.2, 0.25) is 0 Å². The molecule has 1 N–H and O–H groups in total. The monoisotopic (exact) mass is 528 g/mol. The number of piperidine rings is 1. The van der Waals surface area contributed by atoms with E-state index in [1.165, 1.54) is 5.56 Å². The highest BCUT2D eigenvalue weighted by Gasteiger charge is 2.37. The molecule has 0 unspecified atom stereocenters. The number of likely N-dealkylation sites (tertiary alicyclic amines) is 1. The first-order valence-corrected chi connectivity index (χ1v) is 11.7. The number of halogens is 1. The smallest absolute Gasteiger partial charge is 0.337 e. The molecule has 0 aliphatic carbocycles. The summed E-state index contributed by atoms with van der Waals surface area (Å²) in [5.74, 6) is -0.851. The second kappa shape index (κ2) is 8.74. The molecule has 3 rings (SSSR count). The number of benzene rings is 1. The van der Waals surface area contributed by atoms with Crippen LogP contribution in [0.3, 0.4) is 0 Å². The third-order valence-corrected chi connectivity index (χ3v) is 7.69. The SMILES string of the molecule is Cc1c(I)c([C@H](OC(C)(C)C)C(=O)O)c(C)c2c1CN(C1CCN(C)CC1)C(=O)C2. The number of carbonyl (C=O) groups is 2. The lowest BCUT2D eigenvalue weighted by Gasteiger charge is -2.41. The van der Waals surface area contributed by atoms with Crippen molar-refractivity contribution in [2.45, 2.75) is 78.2 Å². The van der Waals surface area contributed by atoms with E-state index in [1.807, 2.05) is 34.6 Å². The molecule has 7 heteroatoms. The number of hydrogen-bond donors (Lipinski definition) is 1. The average molecular weight is 528 g/mol. The Morgan fingerprint density at radius 3 is 2.30 bits per heavy atom. The first-order valence-electron chi connectivity index (χ1n) is 10.6. The Morgan fingerprint density at radius 1 is 1.17 bits per heavy atom. The molecule has 1 atom stereocenters. The average Bonchev–Trinajstić information content (AvgIpc) is 2.65. The Morgan fingerprint density at radius 2 is 1.77 bits per heavy atom. The number of amides is 1. The maximum Gasteiger partial charge on any atom is 0.337 e. The van der Waals surface area contributed by atoms with Crippen molar-refractivity contribution >= 4 is 34.5 Å². The highest BCUT2D eigenvalue weighted by molar-refractivity contribution is 14.1. The minimum absolute atomic E-state index is 0.148. The van der Waals surface area contributed by atoms with Crippen molar-refractivity contribution < 1.29 is 19.4 Å². The standard InChI is InChI=1S/C23H33IN2O4/c1-13-16-11-18(27)26(15-7-9-25(6)10-8-15)12-17(16)14(2)20(24)19(13)21(22(28)29)30-23(3,4)5/h15,21H,7-12H2,1-6H3,(H,28,29)/t21-/m0/s1. The molecule has 1 aromatic carbocycles. The molecule has 1 saturated heterocycles. The van der Waals surface area contributed by atoms with Crippen molar-refractivity contribution in [3.63, 3.8) is 0 Å². The molecule has 0 aromatic heterocycles. The maximum atomic E-state index is 13.1. The van der Waals surface area contributed by atoms with Crippen LogP contribution < -0.4 is 0 Å². The zero-order valence-electron chi connectivity index (χ0n) is 18.8. The molecule has 30 heavy (non-hydrogen) atoms. The van der Waals surface area contributed by atoms with Crippen LogP contribution in [0.15, 0.2) is 0 Å². The van der Waals surface area contributed by atoms with E-state index in [-0.39, 0.29) is 11.9 Å². The third kappa shape index (κ3) is 4.67. The van der Waals surface area contributed by atoms with Crippen LogP contribution in [0, 0.1) is 17.4 Å². The zero-order chi connectivity index (χ0) is 22.4. The lowest BCUT2D eigenvalue weighted by Crippen LogP contribution is -2.48. The largest absolute Gasteiger partial charge is 0.479 e. The molecule has 1 amide bonds. The zero-order valence-corrected chi connectivity index (χ0v) is 21.0. The molecule has 1 fully saturated rings. The number of carboxylic acid groups (broad SMARTS) is 1. The Balaban J connectivity index is 2.01. The summed E-state index contributed by atoms with van der Waals surface area (Å²) >= 11 is 2.25. The van der Waals surface area contributed by atoms with Gasteiger partial charge in [0.2, 0.25) is 5.91 Å². The summed E-state index contributed by atoms with van der Waals surface area (Å²) in [7, 11) is 2.12. The lowest BCUT2D eigenvalue weighted by molar-refractivity contribution is -0.160. The van der Waals surface area contributed by atoms with Crippen molar-refractivity contribution in [3.8, 4) is 0 Å². The molecular formula is C23H33IN2O4. The van der Waals surface area contributed by atoms with Crippen LogP contribution in [-0.2, 0) is 27.3 Å². The molecule has 166 valence electrons. The fourth-order valence-corrected chi connectivity index (χ4v) is 5.63. The van der Waals surface area contributed by atoms with Gasteiger partial charge < -0.3 is 19.6 Å². The van der Waals surface area contributed by atoms with Crippen LogP contribution >= 0.6 is 22.6 Å². The molecule has 2 aliphatic heterocycles. The molecular weight excluding hydrogens is 495 g/mol.